The molecule has 0 amide bonds. The monoisotopic (exact) mass is 362 g/mol. The Morgan fingerprint density at radius 1 is 1.21 bits per heavy atom. The molecule has 0 aliphatic heterocycles. The molecule has 1 aromatic carbocycles. The van der Waals surface area contributed by atoms with Gasteiger partial charge in [-0.15, -0.1) is 0 Å². The van der Waals surface area contributed by atoms with Crippen LogP contribution in [0.2, 0.25) is 0 Å². The van der Waals surface area contributed by atoms with Gasteiger partial charge in [-0.1, -0.05) is 12.1 Å². The zero-order valence-electron chi connectivity index (χ0n) is 10.5. The first-order chi connectivity index (χ1) is 9.26. The second kappa shape index (κ2) is 5.21. The van der Waals surface area contributed by atoms with Gasteiger partial charge in [0.1, 0.15) is 11.4 Å². The van der Waals surface area contributed by atoms with Crippen LogP contribution in [0, 0.1) is 3.57 Å². The first-order valence-electron chi connectivity index (χ1n) is 6.14. The summed E-state index contributed by atoms with van der Waals surface area (Å²) in [4.78, 5) is 4.63. The van der Waals surface area contributed by atoms with Crippen molar-refractivity contribution in [3.05, 3.63) is 52.4 Å². The Labute approximate surface area is 125 Å². The second-order valence-electron chi connectivity index (χ2n) is 4.20. The third-order valence-corrected chi connectivity index (χ3v) is 3.49. The van der Waals surface area contributed by atoms with E-state index >= 15 is 0 Å². The molecule has 0 unspecified atom stereocenters. The Kier molecular flexibility index (Phi) is 3.42. The molecule has 0 fully saturated rings. The molecule has 0 spiro atoms. The highest BCUT2D eigenvalue weighted by molar-refractivity contribution is 14.1. The predicted molar refractivity (Wildman–Crippen MR) is 84.5 cm³/mol. The van der Waals surface area contributed by atoms with Gasteiger partial charge < -0.3 is 9.14 Å². The average Bonchev–Trinajstić information content (AvgIpc) is 2.82. The molecule has 3 aromatic rings. The maximum Gasteiger partial charge on any atom is 0.137 e. The molecular formula is C15H13IN2O. The quantitative estimate of drug-likeness (QED) is 0.659. The number of halogens is 1. The van der Waals surface area contributed by atoms with Gasteiger partial charge in [0.25, 0.3) is 0 Å². The Bertz CT molecular complexity index is 721. The van der Waals surface area contributed by atoms with Crippen molar-refractivity contribution in [1.82, 2.24) is 9.38 Å². The first-order valence-corrected chi connectivity index (χ1v) is 7.21. The number of pyridine rings is 1. The highest BCUT2D eigenvalue weighted by Gasteiger charge is 2.05. The largest absolute Gasteiger partial charge is 0.494 e. The van der Waals surface area contributed by atoms with Crippen LogP contribution in [0.3, 0.4) is 0 Å². The number of fused-ring (bicyclic) bond motifs is 1. The molecule has 3 rings (SSSR count). The van der Waals surface area contributed by atoms with E-state index in [1.807, 2.05) is 41.8 Å². The number of imidazole rings is 1. The fourth-order valence-corrected chi connectivity index (χ4v) is 2.50. The fraction of sp³-hybridized carbons (Fsp3) is 0.133. The van der Waals surface area contributed by atoms with Gasteiger partial charge >= 0.3 is 0 Å². The number of nitrogens with zero attached hydrogens (tertiary/aromatic N) is 2. The van der Waals surface area contributed by atoms with Crippen LogP contribution in [0.15, 0.2) is 48.8 Å². The van der Waals surface area contributed by atoms with Crippen molar-refractivity contribution in [3.8, 4) is 17.0 Å². The molecular weight excluding hydrogens is 349 g/mol. The summed E-state index contributed by atoms with van der Waals surface area (Å²) >= 11 is 2.30. The van der Waals surface area contributed by atoms with Crippen molar-refractivity contribution in [2.24, 2.45) is 0 Å². The van der Waals surface area contributed by atoms with Gasteiger partial charge in [-0.2, -0.15) is 0 Å². The predicted octanol–water partition coefficient (Wildman–Crippen LogP) is 4.00. The Balaban J connectivity index is 2.05. The van der Waals surface area contributed by atoms with E-state index in [2.05, 4.69) is 45.9 Å². The van der Waals surface area contributed by atoms with Crippen LogP contribution < -0.4 is 4.74 Å². The molecule has 0 saturated heterocycles. The summed E-state index contributed by atoms with van der Waals surface area (Å²) in [7, 11) is 0. The third-order valence-electron chi connectivity index (χ3n) is 2.86. The summed E-state index contributed by atoms with van der Waals surface area (Å²) in [5.41, 5.74) is 2.99. The highest BCUT2D eigenvalue weighted by atomic mass is 125. The molecule has 96 valence electrons. The van der Waals surface area contributed by atoms with Gasteiger partial charge in [0.05, 0.1) is 12.3 Å². The van der Waals surface area contributed by atoms with Crippen molar-refractivity contribution < 1.29 is 4.74 Å². The van der Waals surface area contributed by atoms with E-state index in [4.69, 9.17) is 4.74 Å². The zero-order chi connectivity index (χ0) is 13.2. The van der Waals surface area contributed by atoms with E-state index in [-0.39, 0.29) is 0 Å². The number of benzene rings is 1. The number of aromatic nitrogens is 2. The van der Waals surface area contributed by atoms with E-state index in [9.17, 15) is 0 Å². The lowest BCUT2D eigenvalue weighted by Gasteiger charge is -2.03. The van der Waals surface area contributed by atoms with E-state index in [0.29, 0.717) is 6.61 Å². The van der Waals surface area contributed by atoms with Crippen LogP contribution in [0.4, 0.5) is 0 Å². The van der Waals surface area contributed by atoms with Crippen LogP contribution in [0.1, 0.15) is 6.92 Å². The third kappa shape index (κ3) is 2.58. The van der Waals surface area contributed by atoms with Crippen LogP contribution in [-0.2, 0) is 0 Å². The Hall–Kier alpha value is -1.56. The highest BCUT2D eigenvalue weighted by Crippen LogP contribution is 2.24. The van der Waals surface area contributed by atoms with Crippen molar-refractivity contribution >= 4 is 28.2 Å². The summed E-state index contributed by atoms with van der Waals surface area (Å²) in [5, 5.41) is 0. The Morgan fingerprint density at radius 3 is 2.95 bits per heavy atom. The fourth-order valence-electron chi connectivity index (χ4n) is 2.02. The van der Waals surface area contributed by atoms with Crippen molar-refractivity contribution in [1.29, 1.82) is 0 Å². The number of hydrogen-bond acceptors (Lipinski definition) is 2. The van der Waals surface area contributed by atoms with E-state index in [0.717, 1.165) is 22.7 Å². The first kappa shape index (κ1) is 12.5. The summed E-state index contributed by atoms with van der Waals surface area (Å²) in [6.07, 6.45) is 4.11. The number of hydrogen-bond donors (Lipinski definition) is 0. The van der Waals surface area contributed by atoms with Crippen LogP contribution >= 0.6 is 22.6 Å². The lowest BCUT2D eigenvalue weighted by molar-refractivity contribution is 0.340. The van der Waals surface area contributed by atoms with Gasteiger partial charge in [0.15, 0.2) is 0 Å². The van der Waals surface area contributed by atoms with Crippen molar-refractivity contribution in [2.45, 2.75) is 6.92 Å². The van der Waals surface area contributed by atoms with E-state index < -0.39 is 0 Å². The standard InChI is InChI=1S/C15H13IN2O/c1-2-19-13-5-3-4-11(8-13)14-10-18-9-12(16)6-7-15(18)17-14/h3-10H,2H2,1H3/i16-2. The van der Waals surface area contributed by atoms with E-state index in [1.54, 1.807) is 0 Å². The van der Waals surface area contributed by atoms with E-state index in [1.165, 1.54) is 3.57 Å². The van der Waals surface area contributed by atoms with Crippen LogP contribution in [0.25, 0.3) is 16.9 Å². The summed E-state index contributed by atoms with van der Waals surface area (Å²) < 4.78 is 8.76. The Morgan fingerprint density at radius 2 is 2.11 bits per heavy atom. The lowest BCUT2D eigenvalue weighted by Crippen LogP contribution is -1.91. The SMILES string of the molecule is CCOc1cccc(-c2cn3cc([125I])ccc3n2)c1. The van der Waals surface area contributed by atoms with Gasteiger partial charge in [-0.05, 0) is 53.8 Å². The minimum atomic E-state index is 0.673. The maximum absolute atomic E-state index is 5.53. The van der Waals surface area contributed by atoms with Gasteiger partial charge in [-0.25, -0.2) is 4.98 Å². The smallest absolute Gasteiger partial charge is 0.137 e. The molecule has 0 N–H and O–H groups in total. The molecule has 0 aliphatic rings. The molecule has 0 atom stereocenters. The minimum absolute atomic E-state index is 0.673. The number of ether oxygens (including phenoxy) is 1. The minimum Gasteiger partial charge on any atom is -0.494 e. The average molecular weight is 362 g/mol. The molecule has 4 heteroatoms. The topological polar surface area (TPSA) is 26.5 Å². The van der Waals surface area contributed by atoms with Gasteiger partial charge in [-0.3, -0.25) is 0 Å². The second-order valence-corrected chi connectivity index (χ2v) is 5.45. The summed E-state index contributed by atoms with van der Waals surface area (Å²) in [6, 6.07) is 12.1. The molecule has 19 heavy (non-hydrogen) atoms. The van der Waals surface area contributed by atoms with Gasteiger partial charge in [0, 0.05) is 21.5 Å². The van der Waals surface area contributed by atoms with Gasteiger partial charge in [0.2, 0.25) is 0 Å². The molecule has 0 radical (unpaired) electrons. The van der Waals surface area contributed by atoms with Crippen LogP contribution in [0.5, 0.6) is 5.75 Å². The molecule has 0 bridgehead atoms. The molecule has 3 nitrogen and oxygen atoms in total. The molecule has 0 saturated carbocycles. The van der Waals surface area contributed by atoms with Crippen LogP contribution in [-0.4, -0.2) is 16.0 Å². The van der Waals surface area contributed by atoms with Crippen molar-refractivity contribution in [3.63, 3.8) is 0 Å². The maximum atomic E-state index is 5.53. The molecule has 2 aromatic heterocycles. The summed E-state index contributed by atoms with van der Waals surface area (Å²) in [5.74, 6) is 0.881. The lowest BCUT2D eigenvalue weighted by atomic mass is 10.1. The normalized spacial score (nSPS) is 10.8. The van der Waals surface area contributed by atoms with Crippen molar-refractivity contribution in [2.75, 3.05) is 6.61 Å². The molecule has 0 aliphatic carbocycles. The number of rotatable bonds is 3. The zero-order valence-corrected chi connectivity index (χ0v) is 12.7. The molecule has 2 heterocycles. The summed E-state index contributed by atoms with van der Waals surface area (Å²) in [6.45, 7) is 2.66.